The van der Waals surface area contributed by atoms with Gasteiger partial charge in [0.2, 0.25) is 0 Å². The van der Waals surface area contributed by atoms with E-state index in [0.717, 1.165) is 46.0 Å². The molecule has 0 spiro atoms. The number of hydrogen-bond donors (Lipinski definition) is 2. The van der Waals surface area contributed by atoms with Crippen LogP contribution in [0.5, 0.6) is 5.75 Å². The SMILES string of the molecule is CCO[P+](O)(/C=C/c1ccc2c(c1)nc(N)c1ncc(CCc3ccc(OC)cc3C)cc12)OCC. The molecule has 4 aromatic rings. The molecule has 0 unspecified atom stereocenters. The number of methoxy groups -OCH3 is 1. The Morgan fingerprint density at radius 1 is 1.00 bits per heavy atom. The van der Waals surface area contributed by atoms with Crippen molar-refractivity contribution in [2.75, 3.05) is 26.1 Å². The molecule has 0 amide bonds. The van der Waals surface area contributed by atoms with Crippen molar-refractivity contribution >= 4 is 41.6 Å². The second kappa shape index (κ2) is 11.3. The van der Waals surface area contributed by atoms with Crippen LogP contribution >= 0.6 is 7.94 Å². The molecule has 0 bridgehead atoms. The number of benzene rings is 2. The number of nitrogen functional groups attached to an aromatic ring is 1. The van der Waals surface area contributed by atoms with Crippen LogP contribution in [0, 0.1) is 6.92 Å². The zero-order valence-electron chi connectivity index (χ0n) is 21.2. The van der Waals surface area contributed by atoms with Gasteiger partial charge in [0.05, 0.1) is 25.8 Å². The molecule has 2 aromatic carbocycles. The van der Waals surface area contributed by atoms with E-state index in [4.69, 9.17) is 19.5 Å². The van der Waals surface area contributed by atoms with E-state index in [1.54, 1.807) is 19.0 Å². The zero-order chi connectivity index (χ0) is 25.7. The van der Waals surface area contributed by atoms with Crippen LogP contribution in [0.2, 0.25) is 0 Å². The van der Waals surface area contributed by atoms with Crippen LogP contribution in [0.1, 0.15) is 36.1 Å². The van der Waals surface area contributed by atoms with E-state index in [-0.39, 0.29) is 0 Å². The first-order valence-electron chi connectivity index (χ1n) is 12.1. The lowest BCUT2D eigenvalue weighted by Crippen LogP contribution is -2.00. The van der Waals surface area contributed by atoms with Gasteiger partial charge in [0, 0.05) is 17.0 Å². The predicted molar refractivity (Wildman–Crippen MR) is 148 cm³/mol. The van der Waals surface area contributed by atoms with Crippen LogP contribution in [0.15, 0.2) is 54.5 Å². The first-order valence-corrected chi connectivity index (χ1v) is 13.7. The molecule has 0 atom stereocenters. The number of aryl methyl sites for hydroxylation is 3. The van der Waals surface area contributed by atoms with Gasteiger partial charge in [0.25, 0.3) is 0 Å². The quantitative estimate of drug-likeness (QED) is 0.193. The van der Waals surface area contributed by atoms with Crippen molar-refractivity contribution in [3.8, 4) is 5.75 Å². The van der Waals surface area contributed by atoms with Crippen molar-refractivity contribution in [3.63, 3.8) is 0 Å². The molecule has 0 radical (unpaired) electrons. The molecule has 2 heterocycles. The molecule has 188 valence electrons. The molecule has 4 rings (SSSR count). The van der Waals surface area contributed by atoms with E-state index < -0.39 is 7.94 Å². The van der Waals surface area contributed by atoms with Crippen LogP contribution < -0.4 is 10.5 Å². The summed E-state index contributed by atoms with van der Waals surface area (Å²) < 4.78 is 16.2. The Bertz CT molecular complexity index is 1400. The van der Waals surface area contributed by atoms with Gasteiger partial charge in [-0.2, -0.15) is 13.9 Å². The summed E-state index contributed by atoms with van der Waals surface area (Å²) in [5, 5.41) is 1.95. The highest BCUT2D eigenvalue weighted by Crippen LogP contribution is 2.58. The van der Waals surface area contributed by atoms with E-state index in [9.17, 15) is 4.89 Å². The van der Waals surface area contributed by atoms with Gasteiger partial charge in [-0.3, -0.25) is 4.98 Å². The van der Waals surface area contributed by atoms with E-state index >= 15 is 0 Å². The Hall–Kier alpha value is -3.09. The number of fused-ring (bicyclic) bond motifs is 3. The molecule has 3 N–H and O–H groups in total. The van der Waals surface area contributed by atoms with Gasteiger partial charge in [-0.25, -0.2) is 4.98 Å². The third-order valence-corrected chi connectivity index (χ3v) is 7.84. The first kappa shape index (κ1) is 26.0. The number of anilines is 1. The molecule has 0 aliphatic rings. The highest BCUT2D eigenvalue weighted by Gasteiger charge is 2.36. The summed E-state index contributed by atoms with van der Waals surface area (Å²) in [6, 6.07) is 14.3. The number of hydrogen-bond acceptors (Lipinski definition) is 7. The molecule has 0 fully saturated rings. The molecular weight excluding hydrogens is 473 g/mol. The van der Waals surface area contributed by atoms with Gasteiger partial charge in [-0.05, 0) is 86.2 Å². The molecule has 0 saturated carbocycles. The summed E-state index contributed by atoms with van der Waals surface area (Å²) in [7, 11) is -1.35. The molecule has 8 heteroatoms. The van der Waals surface area contributed by atoms with E-state index in [0.29, 0.717) is 24.5 Å². The van der Waals surface area contributed by atoms with Crippen LogP contribution in [-0.2, 0) is 21.9 Å². The fourth-order valence-corrected chi connectivity index (χ4v) is 5.58. The molecule has 0 saturated heterocycles. The maximum Gasteiger partial charge on any atom is 0.438 e. The number of nitrogens with zero attached hydrogens (tertiary/aromatic N) is 2. The normalized spacial score (nSPS) is 12.1. The minimum Gasteiger partial charge on any atom is -0.497 e. The van der Waals surface area contributed by atoms with E-state index in [2.05, 4.69) is 35.1 Å². The topological polar surface area (TPSA) is 99.7 Å². The van der Waals surface area contributed by atoms with Crippen molar-refractivity contribution in [3.05, 3.63) is 76.7 Å². The Kier molecular flexibility index (Phi) is 8.17. The lowest BCUT2D eigenvalue weighted by atomic mass is 9.99. The van der Waals surface area contributed by atoms with Crippen LogP contribution in [0.4, 0.5) is 5.82 Å². The smallest absolute Gasteiger partial charge is 0.438 e. The summed E-state index contributed by atoms with van der Waals surface area (Å²) in [5.41, 5.74) is 12.2. The Morgan fingerprint density at radius 2 is 1.78 bits per heavy atom. The Morgan fingerprint density at radius 3 is 2.47 bits per heavy atom. The number of pyridine rings is 2. The van der Waals surface area contributed by atoms with Gasteiger partial charge in [-0.15, -0.1) is 0 Å². The van der Waals surface area contributed by atoms with Gasteiger partial charge < -0.3 is 10.5 Å². The fourth-order valence-electron chi connectivity index (χ4n) is 4.24. The summed E-state index contributed by atoms with van der Waals surface area (Å²) >= 11 is 0. The maximum absolute atomic E-state index is 10.6. The Balaban J connectivity index is 1.63. The number of aromatic nitrogens is 2. The summed E-state index contributed by atoms with van der Waals surface area (Å²) in [5.74, 6) is 2.87. The molecular formula is C28H33N3O4P+. The molecule has 0 aliphatic heterocycles. The highest BCUT2D eigenvalue weighted by molar-refractivity contribution is 7.64. The molecule has 7 nitrogen and oxygen atoms in total. The van der Waals surface area contributed by atoms with Crippen molar-refractivity contribution in [1.82, 2.24) is 9.97 Å². The maximum atomic E-state index is 10.6. The van der Waals surface area contributed by atoms with E-state index in [1.165, 1.54) is 11.1 Å². The summed E-state index contributed by atoms with van der Waals surface area (Å²) in [6.07, 6.45) is 5.45. The van der Waals surface area contributed by atoms with Crippen molar-refractivity contribution < 1.29 is 18.7 Å². The lowest BCUT2D eigenvalue weighted by Gasteiger charge is -2.11. The average Bonchev–Trinajstić information content (AvgIpc) is 2.87. The second-order valence-corrected chi connectivity index (χ2v) is 10.5. The average molecular weight is 507 g/mol. The van der Waals surface area contributed by atoms with Gasteiger partial charge >= 0.3 is 7.94 Å². The number of nitrogens with two attached hydrogens (primary N) is 1. The third kappa shape index (κ3) is 5.82. The largest absolute Gasteiger partial charge is 0.497 e. The molecule has 2 aromatic heterocycles. The highest BCUT2D eigenvalue weighted by atomic mass is 31.2. The summed E-state index contributed by atoms with van der Waals surface area (Å²) in [4.78, 5) is 19.8. The van der Waals surface area contributed by atoms with Crippen LogP contribution in [0.3, 0.4) is 0 Å². The number of ether oxygens (including phenoxy) is 1. The minimum atomic E-state index is -3.03. The van der Waals surface area contributed by atoms with Crippen molar-refractivity contribution in [1.29, 1.82) is 0 Å². The van der Waals surface area contributed by atoms with Gasteiger partial charge in [0.1, 0.15) is 17.1 Å². The van der Waals surface area contributed by atoms with Crippen LogP contribution in [0.25, 0.3) is 27.9 Å². The summed E-state index contributed by atoms with van der Waals surface area (Å²) in [6.45, 7) is 6.49. The van der Waals surface area contributed by atoms with Crippen molar-refractivity contribution in [2.24, 2.45) is 0 Å². The minimum absolute atomic E-state index is 0.365. The van der Waals surface area contributed by atoms with Gasteiger partial charge in [-0.1, -0.05) is 18.2 Å². The fraction of sp³-hybridized carbons (Fsp3) is 0.286. The van der Waals surface area contributed by atoms with Crippen molar-refractivity contribution in [2.45, 2.75) is 33.6 Å². The Labute approximate surface area is 212 Å². The molecule has 36 heavy (non-hydrogen) atoms. The molecule has 0 aliphatic carbocycles. The lowest BCUT2D eigenvalue weighted by molar-refractivity contribution is 0.199. The second-order valence-electron chi connectivity index (χ2n) is 8.52. The van der Waals surface area contributed by atoms with Crippen LogP contribution in [-0.4, -0.2) is 35.2 Å². The first-order chi connectivity index (χ1) is 17.4. The third-order valence-electron chi connectivity index (χ3n) is 6.06. The van der Waals surface area contributed by atoms with Gasteiger partial charge in [0.15, 0.2) is 5.82 Å². The number of rotatable bonds is 10. The standard InChI is InChI=1S/C28H33N3O4P/c1-5-34-36(32,35-6-2)14-13-20-8-12-24-25-16-21(18-30-27(25)28(29)31-26(24)17-20)7-9-22-10-11-23(33-4)15-19(22)3/h8,10-18,32H,5-7,9H2,1-4H3,(H2,29,31)/q+1/b14-13+. The van der Waals surface area contributed by atoms with E-state index in [1.807, 2.05) is 44.3 Å². The zero-order valence-corrected chi connectivity index (χ0v) is 22.1. The monoisotopic (exact) mass is 506 g/mol. The predicted octanol–water partition coefficient (Wildman–Crippen LogP) is 6.27.